The highest BCUT2D eigenvalue weighted by molar-refractivity contribution is 5.36. The second-order valence-corrected chi connectivity index (χ2v) is 2.46. The Hall–Kier alpha value is -1.32. The topological polar surface area (TPSA) is 42.2 Å². The Morgan fingerprint density at radius 2 is 2.18 bits per heavy atom. The van der Waals surface area contributed by atoms with Gasteiger partial charge in [0.05, 0.1) is 0 Å². The minimum absolute atomic E-state index is 0.538. The fourth-order valence-corrected chi connectivity index (χ4v) is 0.594. The first-order valence-electron chi connectivity index (χ1n) is 3.33. The zero-order valence-corrected chi connectivity index (χ0v) is 6.90. The zero-order chi connectivity index (χ0) is 8.27. The lowest BCUT2D eigenvalue weighted by atomic mass is 10.6. The fourth-order valence-electron chi connectivity index (χ4n) is 0.594. The molecule has 11 heavy (non-hydrogen) atoms. The van der Waals surface area contributed by atoms with Gasteiger partial charge in [-0.05, 0) is 6.92 Å². The molecule has 4 heteroatoms. The fraction of sp³-hybridized carbons (Fsp3) is 0.429. The Kier molecular flexibility index (Phi) is 2.25. The molecule has 4 nitrogen and oxygen atoms in total. The maximum absolute atomic E-state index is 4.84. The number of hydrogen-bond donors (Lipinski definition) is 0. The van der Waals surface area contributed by atoms with Gasteiger partial charge in [0.25, 0.3) is 5.89 Å². The van der Waals surface area contributed by atoms with Crippen LogP contribution in [0.4, 0.5) is 0 Å². The molecule has 0 aliphatic heterocycles. The van der Waals surface area contributed by atoms with Crippen LogP contribution < -0.4 is 0 Å². The second kappa shape index (κ2) is 3.18. The van der Waals surface area contributed by atoms with Crippen LogP contribution in [0.1, 0.15) is 11.7 Å². The molecule has 0 spiro atoms. The van der Waals surface area contributed by atoms with Gasteiger partial charge in [0, 0.05) is 26.4 Å². The highest BCUT2D eigenvalue weighted by atomic mass is 16.5. The standard InChI is InChI=1S/C7H11N3O/c1-6-8-7(11-9-6)4-5-10(2)3/h4-5H,1-3H3. The summed E-state index contributed by atoms with van der Waals surface area (Å²) in [6.07, 6.45) is 3.62. The van der Waals surface area contributed by atoms with E-state index >= 15 is 0 Å². The summed E-state index contributed by atoms with van der Waals surface area (Å²) < 4.78 is 4.84. The van der Waals surface area contributed by atoms with E-state index in [9.17, 15) is 0 Å². The van der Waals surface area contributed by atoms with Gasteiger partial charge in [-0.2, -0.15) is 4.98 Å². The molecule has 0 aromatic carbocycles. The first-order chi connectivity index (χ1) is 5.18. The molecule has 1 heterocycles. The summed E-state index contributed by atoms with van der Waals surface area (Å²) in [5.74, 6) is 1.19. The number of aryl methyl sites for hydroxylation is 1. The number of nitrogens with zero attached hydrogens (tertiary/aromatic N) is 3. The largest absolute Gasteiger partial charge is 0.383 e. The molecule has 0 atom stereocenters. The van der Waals surface area contributed by atoms with Crippen molar-refractivity contribution in [2.75, 3.05) is 14.1 Å². The van der Waals surface area contributed by atoms with Crippen LogP contribution in [0, 0.1) is 6.92 Å². The molecule has 0 aliphatic carbocycles. The molecule has 1 aromatic rings. The van der Waals surface area contributed by atoms with Crippen molar-refractivity contribution >= 4 is 6.08 Å². The SMILES string of the molecule is Cc1noc(C=CN(C)C)n1. The highest BCUT2D eigenvalue weighted by Crippen LogP contribution is 1.97. The van der Waals surface area contributed by atoms with Crippen LogP contribution in [0.3, 0.4) is 0 Å². The molecule has 0 saturated carbocycles. The van der Waals surface area contributed by atoms with Gasteiger partial charge in [-0.15, -0.1) is 0 Å². The van der Waals surface area contributed by atoms with Crippen LogP contribution in [0.25, 0.3) is 6.08 Å². The predicted octanol–water partition coefficient (Wildman–Crippen LogP) is 0.910. The van der Waals surface area contributed by atoms with Crippen molar-refractivity contribution in [1.29, 1.82) is 0 Å². The summed E-state index contributed by atoms with van der Waals surface area (Å²) in [6.45, 7) is 1.79. The molecule has 0 unspecified atom stereocenters. The minimum Gasteiger partial charge on any atom is -0.383 e. The molecule has 0 amide bonds. The van der Waals surface area contributed by atoms with E-state index in [-0.39, 0.29) is 0 Å². The molecule has 0 fully saturated rings. The number of aromatic nitrogens is 2. The van der Waals surface area contributed by atoms with E-state index in [0.717, 1.165) is 0 Å². The average molecular weight is 153 g/mol. The number of rotatable bonds is 2. The molecule has 0 radical (unpaired) electrons. The Balaban J connectivity index is 2.64. The van der Waals surface area contributed by atoms with Crippen molar-refractivity contribution in [3.8, 4) is 0 Å². The van der Waals surface area contributed by atoms with Crippen LogP contribution in [0.15, 0.2) is 10.7 Å². The Morgan fingerprint density at radius 3 is 2.64 bits per heavy atom. The Bertz CT molecular complexity index is 252. The van der Waals surface area contributed by atoms with E-state index in [1.165, 1.54) is 0 Å². The first-order valence-corrected chi connectivity index (χ1v) is 3.33. The average Bonchev–Trinajstić information content (AvgIpc) is 2.31. The monoisotopic (exact) mass is 153 g/mol. The van der Waals surface area contributed by atoms with Gasteiger partial charge >= 0.3 is 0 Å². The van der Waals surface area contributed by atoms with Crippen molar-refractivity contribution in [3.63, 3.8) is 0 Å². The second-order valence-electron chi connectivity index (χ2n) is 2.46. The summed E-state index contributed by atoms with van der Waals surface area (Å²) >= 11 is 0. The van der Waals surface area contributed by atoms with Gasteiger partial charge in [0.1, 0.15) is 0 Å². The van der Waals surface area contributed by atoms with Gasteiger partial charge < -0.3 is 9.42 Å². The van der Waals surface area contributed by atoms with Crippen molar-refractivity contribution < 1.29 is 4.52 Å². The zero-order valence-electron chi connectivity index (χ0n) is 6.90. The summed E-state index contributed by atoms with van der Waals surface area (Å²) in [5, 5.41) is 3.64. The van der Waals surface area contributed by atoms with E-state index in [0.29, 0.717) is 11.7 Å². The van der Waals surface area contributed by atoms with Crippen LogP contribution in [0.2, 0.25) is 0 Å². The summed E-state index contributed by atoms with van der Waals surface area (Å²) in [4.78, 5) is 5.89. The first kappa shape index (κ1) is 7.78. The van der Waals surface area contributed by atoms with E-state index < -0.39 is 0 Å². The van der Waals surface area contributed by atoms with E-state index in [4.69, 9.17) is 4.52 Å². The van der Waals surface area contributed by atoms with E-state index in [2.05, 4.69) is 10.1 Å². The van der Waals surface area contributed by atoms with Crippen molar-refractivity contribution in [2.45, 2.75) is 6.92 Å². The van der Waals surface area contributed by atoms with Crippen LogP contribution in [-0.4, -0.2) is 29.1 Å². The van der Waals surface area contributed by atoms with Gasteiger partial charge in [0.15, 0.2) is 5.82 Å². The third-order valence-corrected chi connectivity index (χ3v) is 1.06. The molecular formula is C7H11N3O. The Morgan fingerprint density at radius 1 is 1.45 bits per heavy atom. The molecular weight excluding hydrogens is 142 g/mol. The lowest BCUT2D eigenvalue weighted by molar-refractivity contribution is 0.404. The summed E-state index contributed by atoms with van der Waals surface area (Å²) in [6, 6.07) is 0. The van der Waals surface area contributed by atoms with E-state index in [1.807, 2.05) is 25.2 Å². The van der Waals surface area contributed by atoms with Gasteiger partial charge in [-0.3, -0.25) is 0 Å². The maximum Gasteiger partial charge on any atom is 0.252 e. The quantitative estimate of drug-likeness (QED) is 0.633. The summed E-state index contributed by atoms with van der Waals surface area (Å²) in [7, 11) is 3.86. The van der Waals surface area contributed by atoms with Gasteiger partial charge in [-0.25, -0.2) is 0 Å². The van der Waals surface area contributed by atoms with Crippen LogP contribution in [0.5, 0.6) is 0 Å². The lowest BCUT2D eigenvalue weighted by Crippen LogP contribution is -1.99. The minimum atomic E-state index is 0.538. The van der Waals surface area contributed by atoms with E-state index in [1.54, 1.807) is 13.0 Å². The third kappa shape index (κ3) is 2.41. The normalized spacial score (nSPS) is 10.8. The third-order valence-electron chi connectivity index (χ3n) is 1.06. The smallest absolute Gasteiger partial charge is 0.252 e. The molecule has 1 rings (SSSR count). The number of hydrogen-bond acceptors (Lipinski definition) is 4. The maximum atomic E-state index is 4.84. The molecule has 0 bridgehead atoms. The molecule has 0 aliphatic rings. The molecule has 0 saturated heterocycles. The van der Waals surface area contributed by atoms with Crippen molar-refractivity contribution in [3.05, 3.63) is 17.9 Å². The van der Waals surface area contributed by atoms with Crippen LogP contribution in [-0.2, 0) is 0 Å². The van der Waals surface area contributed by atoms with Crippen molar-refractivity contribution in [1.82, 2.24) is 15.0 Å². The van der Waals surface area contributed by atoms with Gasteiger partial charge in [0.2, 0.25) is 0 Å². The molecule has 60 valence electrons. The highest BCUT2D eigenvalue weighted by Gasteiger charge is 1.95. The van der Waals surface area contributed by atoms with Crippen LogP contribution >= 0.6 is 0 Å². The van der Waals surface area contributed by atoms with Crippen molar-refractivity contribution in [2.24, 2.45) is 0 Å². The molecule has 0 N–H and O–H groups in total. The predicted molar refractivity (Wildman–Crippen MR) is 41.8 cm³/mol. The summed E-state index contributed by atoms with van der Waals surface area (Å²) in [5.41, 5.74) is 0. The lowest BCUT2D eigenvalue weighted by Gasteiger charge is -2.00. The Labute approximate surface area is 65.5 Å². The van der Waals surface area contributed by atoms with Gasteiger partial charge in [-0.1, -0.05) is 5.16 Å². The molecule has 1 aromatic heterocycles.